The van der Waals surface area contributed by atoms with Gasteiger partial charge < -0.3 is 9.30 Å². The molecule has 1 fully saturated rings. The molecular weight excluding hydrogens is 308 g/mol. The van der Waals surface area contributed by atoms with E-state index in [1.54, 1.807) is 15.3 Å². The van der Waals surface area contributed by atoms with Gasteiger partial charge in [0.1, 0.15) is 0 Å². The molecule has 2 aromatic heterocycles. The summed E-state index contributed by atoms with van der Waals surface area (Å²) in [6, 6.07) is 1.54. The van der Waals surface area contributed by atoms with Gasteiger partial charge in [-0.3, -0.25) is 24.3 Å². The Bertz CT molecular complexity index is 825. The van der Waals surface area contributed by atoms with E-state index in [9.17, 15) is 9.59 Å². The van der Waals surface area contributed by atoms with E-state index in [-0.39, 0.29) is 11.1 Å². The van der Waals surface area contributed by atoms with Gasteiger partial charge in [0.15, 0.2) is 0 Å². The van der Waals surface area contributed by atoms with E-state index in [2.05, 4.69) is 23.8 Å². The van der Waals surface area contributed by atoms with Crippen LogP contribution in [0.3, 0.4) is 0 Å². The number of aryl methyl sites for hydroxylation is 1. The summed E-state index contributed by atoms with van der Waals surface area (Å²) in [5.41, 5.74) is 1.27. The smallest absolute Gasteiger partial charge is 0.276 e. The summed E-state index contributed by atoms with van der Waals surface area (Å²) in [6.45, 7) is 11.2. The van der Waals surface area contributed by atoms with Crippen molar-refractivity contribution in [3.63, 3.8) is 0 Å². The molecule has 132 valence electrons. The minimum Gasteiger partial charge on any atom is -0.379 e. The molecule has 0 amide bonds. The minimum atomic E-state index is -0.0637. The third kappa shape index (κ3) is 3.32. The van der Waals surface area contributed by atoms with E-state index in [0.717, 1.165) is 38.5 Å². The van der Waals surface area contributed by atoms with Crippen LogP contribution in [0.25, 0.3) is 10.9 Å². The largest absolute Gasteiger partial charge is 0.379 e. The molecule has 7 nitrogen and oxygen atoms in total. The average molecular weight is 334 g/mol. The topological polar surface area (TPSA) is 72.3 Å². The van der Waals surface area contributed by atoms with Gasteiger partial charge in [0.05, 0.1) is 24.1 Å². The molecule has 0 spiro atoms. The van der Waals surface area contributed by atoms with Crippen LogP contribution in [0.2, 0.25) is 0 Å². The molecule has 2 aromatic rings. The normalized spacial score (nSPS) is 16.3. The number of hydrogen-bond acceptors (Lipinski definition) is 4. The zero-order valence-electron chi connectivity index (χ0n) is 14.7. The van der Waals surface area contributed by atoms with Crippen LogP contribution in [-0.4, -0.2) is 52.1 Å². The Labute approximate surface area is 140 Å². The first-order chi connectivity index (χ1) is 11.5. The Morgan fingerprint density at radius 1 is 1.21 bits per heavy atom. The molecular formula is C17H26N4O3. The van der Waals surface area contributed by atoms with Crippen LogP contribution >= 0.6 is 0 Å². The number of nitrogens with one attached hydrogen (secondary N) is 1. The highest BCUT2D eigenvalue weighted by Crippen LogP contribution is 2.11. The number of morpholine rings is 1. The summed E-state index contributed by atoms with van der Waals surface area (Å²) in [6.07, 6.45) is 0. The molecule has 0 aromatic carbocycles. The van der Waals surface area contributed by atoms with Crippen LogP contribution in [0, 0.1) is 12.8 Å². The van der Waals surface area contributed by atoms with E-state index in [1.807, 2.05) is 6.92 Å². The van der Waals surface area contributed by atoms with Crippen molar-refractivity contribution in [2.24, 2.45) is 5.92 Å². The summed E-state index contributed by atoms with van der Waals surface area (Å²) in [4.78, 5) is 27.4. The number of H-pyrrole nitrogens is 1. The van der Waals surface area contributed by atoms with Crippen molar-refractivity contribution in [2.45, 2.75) is 33.9 Å². The Morgan fingerprint density at radius 2 is 1.92 bits per heavy atom. The molecule has 0 radical (unpaired) electrons. The van der Waals surface area contributed by atoms with E-state index >= 15 is 0 Å². The molecule has 24 heavy (non-hydrogen) atoms. The van der Waals surface area contributed by atoms with Gasteiger partial charge >= 0.3 is 0 Å². The SMILES string of the molecule is Cc1c2c(=O)n(CC(C)C)[nH]c2cc(=O)n1CCN1CCOCC1. The summed E-state index contributed by atoms with van der Waals surface area (Å²) < 4.78 is 8.67. The fourth-order valence-electron chi connectivity index (χ4n) is 3.30. The number of aromatic nitrogens is 3. The summed E-state index contributed by atoms with van der Waals surface area (Å²) in [5.74, 6) is 0.358. The number of fused-ring (bicyclic) bond motifs is 1. The fourth-order valence-corrected chi connectivity index (χ4v) is 3.30. The summed E-state index contributed by atoms with van der Waals surface area (Å²) >= 11 is 0. The predicted octanol–water partition coefficient (Wildman–Crippen LogP) is 0.788. The molecule has 1 aliphatic heterocycles. The lowest BCUT2D eigenvalue weighted by atomic mass is 10.2. The van der Waals surface area contributed by atoms with E-state index in [0.29, 0.717) is 29.9 Å². The van der Waals surface area contributed by atoms with Gasteiger partial charge in [-0.25, -0.2) is 0 Å². The maximum Gasteiger partial charge on any atom is 0.276 e. The van der Waals surface area contributed by atoms with Crippen molar-refractivity contribution in [2.75, 3.05) is 32.8 Å². The van der Waals surface area contributed by atoms with Crippen LogP contribution in [0.15, 0.2) is 15.7 Å². The van der Waals surface area contributed by atoms with Gasteiger partial charge in [-0.15, -0.1) is 0 Å². The number of pyridine rings is 1. The lowest BCUT2D eigenvalue weighted by molar-refractivity contribution is 0.0362. The lowest BCUT2D eigenvalue weighted by Gasteiger charge is -2.27. The average Bonchev–Trinajstić information content (AvgIpc) is 2.83. The number of nitrogens with zero attached hydrogens (tertiary/aromatic N) is 3. The molecule has 0 atom stereocenters. The van der Waals surface area contributed by atoms with Gasteiger partial charge in [0, 0.05) is 44.5 Å². The van der Waals surface area contributed by atoms with Crippen molar-refractivity contribution in [1.29, 1.82) is 0 Å². The lowest BCUT2D eigenvalue weighted by Crippen LogP contribution is -2.39. The second kappa shape index (κ2) is 6.94. The van der Waals surface area contributed by atoms with Crippen molar-refractivity contribution in [3.05, 3.63) is 32.5 Å². The van der Waals surface area contributed by atoms with E-state index < -0.39 is 0 Å². The molecule has 0 saturated carbocycles. The predicted molar refractivity (Wildman–Crippen MR) is 93.7 cm³/mol. The van der Waals surface area contributed by atoms with Gasteiger partial charge in [-0.05, 0) is 12.8 Å². The molecule has 1 saturated heterocycles. The zero-order chi connectivity index (χ0) is 17.3. The third-order valence-electron chi connectivity index (χ3n) is 4.58. The molecule has 1 N–H and O–H groups in total. The Kier molecular flexibility index (Phi) is 4.91. The molecule has 0 unspecified atom stereocenters. The number of aromatic amines is 1. The number of ether oxygens (including phenoxy) is 1. The van der Waals surface area contributed by atoms with Crippen LogP contribution in [0.4, 0.5) is 0 Å². The van der Waals surface area contributed by atoms with Crippen LogP contribution in [-0.2, 0) is 17.8 Å². The first-order valence-electron chi connectivity index (χ1n) is 8.60. The van der Waals surface area contributed by atoms with Crippen molar-refractivity contribution >= 4 is 10.9 Å². The summed E-state index contributed by atoms with van der Waals surface area (Å²) in [5, 5.41) is 3.70. The molecule has 1 aliphatic rings. The number of rotatable bonds is 5. The highest BCUT2D eigenvalue weighted by atomic mass is 16.5. The first-order valence-corrected chi connectivity index (χ1v) is 8.60. The van der Waals surface area contributed by atoms with Gasteiger partial charge in [-0.2, -0.15) is 0 Å². The van der Waals surface area contributed by atoms with E-state index in [4.69, 9.17) is 4.74 Å². The second-order valence-electron chi connectivity index (χ2n) is 6.88. The highest BCUT2D eigenvalue weighted by Gasteiger charge is 2.16. The van der Waals surface area contributed by atoms with E-state index in [1.165, 1.54) is 0 Å². The summed E-state index contributed by atoms with van der Waals surface area (Å²) in [7, 11) is 0. The van der Waals surface area contributed by atoms with Crippen LogP contribution in [0.1, 0.15) is 19.5 Å². The maximum atomic E-state index is 12.6. The molecule has 3 rings (SSSR count). The Hall–Kier alpha value is -1.86. The zero-order valence-corrected chi connectivity index (χ0v) is 14.7. The quantitative estimate of drug-likeness (QED) is 0.877. The second-order valence-corrected chi connectivity index (χ2v) is 6.88. The standard InChI is InChI=1S/C17H26N4O3/c1-12(2)11-21-17(23)16-13(3)20(15(22)10-14(16)18-21)5-4-19-6-8-24-9-7-19/h10,12,18H,4-9,11H2,1-3H3. The highest BCUT2D eigenvalue weighted by molar-refractivity contribution is 5.79. The van der Waals surface area contributed by atoms with Gasteiger partial charge in [0.25, 0.3) is 11.1 Å². The number of hydrogen-bond donors (Lipinski definition) is 1. The van der Waals surface area contributed by atoms with Gasteiger partial charge in [0.2, 0.25) is 0 Å². The molecule has 7 heteroatoms. The monoisotopic (exact) mass is 334 g/mol. The Balaban J connectivity index is 1.92. The minimum absolute atomic E-state index is 0.0451. The maximum absolute atomic E-state index is 12.6. The first kappa shape index (κ1) is 17.0. The van der Waals surface area contributed by atoms with Crippen LogP contribution in [0.5, 0.6) is 0 Å². The molecule has 0 bridgehead atoms. The molecule has 3 heterocycles. The Morgan fingerprint density at radius 3 is 2.58 bits per heavy atom. The molecule has 0 aliphatic carbocycles. The van der Waals surface area contributed by atoms with Gasteiger partial charge in [-0.1, -0.05) is 13.8 Å². The fraction of sp³-hybridized carbons (Fsp3) is 0.647. The van der Waals surface area contributed by atoms with Crippen molar-refractivity contribution in [3.8, 4) is 0 Å². The van der Waals surface area contributed by atoms with Crippen molar-refractivity contribution < 1.29 is 4.74 Å². The van der Waals surface area contributed by atoms with Crippen molar-refractivity contribution in [1.82, 2.24) is 19.2 Å². The van der Waals surface area contributed by atoms with Crippen LogP contribution < -0.4 is 11.1 Å². The third-order valence-corrected chi connectivity index (χ3v) is 4.58.